The van der Waals surface area contributed by atoms with Crippen LogP contribution in [0.25, 0.3) is 10.9 Å². The number of aromatic amines is 1. The van der Waals surface area contributed by atoms with Crippen molar-refractivity contribution in [2.75, 3.05) is 7.11 Å². The molecule has 2 aromatic carbocycles. The van der Waals surface area contributed by atoms with Crippen LogP contribution in [0.3, 0.4) is 0 Å². The Bertz CT molecular complexity index is 1320. The number of aromatic nitrogens is 3. The molecule has 0 atom stereocenters. The molecule has 170 valence electrons. The fraction of sp³-hybridized carbons (Fsp3) is 0.269. The van der Waals surface area contributed by atoms with Crippen LogP contribution >= 0.6 is 0 Å². The lowest BCUT2D eigenvalue weighted by Crippen LogP contribution is -2.20. The largest absolute Gasteiger partial charge is 0.480 e. The summed E-state index contributed by atoms with van der Waals surface area (Å²) in [5, 5.41) is 0.892. The van der Waals surface area contributed by atoms with Crippen LogP contribution in [-0.4, -0.2) is 27.7 Å². The van der Waals surface area contributed by atoms with Crippen LogP contribution in [0, 0.1) is 5.92 Å². The highest BCUT2D eigenvalue weighted by Crippen LogP contribution is 2.26. The summed E-state index contributed by atoms with van der Waals surface area (Å²) in [5.41, 5.74) is 3.31. The third-order valence-electron chi connectivity index (χ3n) is 5.38. The molecule has 0 unspecified atom stereocenters. The number of fused-ring (bicyclic) bond motifs is 1. The van der Waals surface area contributed by atoms with Crippen molar-refractivity contribution in [1.29, 1.82) is 0 Å². The molecule has 0 spiro atoms. The van der Waals surface area contributed by atoms with Crippen molar-refractivity contribution in [3.05, 3.63) is 93.7 Å². The van der Waals surface area contributed by atoms with E-state index in [1.807, 2.05) is 68.4 Å². The minimum atomic E-state index is -0.466. The van der Waals surface area contributed by atoms with Gasteiger partial charge in [0.15, 0.2) is 0 Å². The standard InChI is InChI=1S/C26H27N3O4/c1-17(2)13-21-24(30)27-22(25(28-21)32-3)14-19-15-29(23-12-8-7-11-20(19)23)26(31)33-16-18-9-5-4-6-10-18/h4-12,15,17H,13-14,16H2,1-3H3,(H,27,30). The minimum Gasteiger partial charge on any atom is -0.480 e. The van der Waals surface area contributed by atoms with Gasteiger partial charge in [-0.2, -0.15) is 0 Å². The molecule has 0 aliphatic rings. The van der Waals surface area contributed by atoms with E-state index in [0.29, 0.717) is 36.0 Å². The first-order chi connectivity index (χ1) is 16.0. The van der Waals surface area contributed by atoms with E-state index in [1.165, 1.54) is 11.7 Å². The Hall–Kier alpha value is -3.87. The highest BCUT2D eigenvalue weighted by molar-refractivity contribution is 5.92. The van der Waals surface area contributed by atoms with Gasteiger partial charge in [0.1, 0.15) is 12.3 Å². The number of carbonyl (C=O) groups is 1. The van der Waals surface area contributed by atoms with Crippen molar-refractivity contribution in [2.24, 2.45) is 5.92 Å². The number of para-hydroxylation sites is 1. The van der Waals surface area contributed by atoms with Crippen LogP contribution in [0.4, 0.5) is 4.79 Å². The molecule has 33 heavy (non-hydrogen) atoms. The normalized spacial score (nSPS) is 11.2. The van der Waals surface area contributed by atoms with Crippen molar-refractivity contribution < 1.29 is 14.3 Å². The molecule has 0 saturated heterocycles. The molecule has 4 rings (SSSR count). The second kappa shape index (κ2) is 9.73. The number of hydrogen-bond donors (Lipinski definition) is 1. The number of rotatable bonds is 7. The van der Waals surface area contributed by atoms with Gasteiger partial charge in [-0.05, 0) is 29.5 Å². The summed E-state index contributed by atoms with van der Waals surface area (Å²) >= 11 is 0. The van der Waals surface area contributed by atoms with Crippen LogP contribution in [0.2, 0.25) is 0 Å². The molecule has 1 N–H and O–H groups in total. The molecule has 2 aromatic heterocycles. The quantitative estimate of drug-likeness (QED) is 0.445. The summed E-state index contributed by atoms with van der Waals surface area (Å²) in [4.78, 5) is 32.8. The molecule has 2 heterocycles. The van der Waals surface area contributed by atoms with Crippen molar-refractivity contribution in [1.82, 2.24) is 14.5 Å². The fourth-order valence-corrected chi connectivity index (χ4v) is 3.84. The molecule has 0 bridgehead atoms. The SMILES string of the molecule is COc1nc(CC(C)C)c(=O)[nH]c1Cc1cn(C(=O)OCc2ccccc2)c2ccccc12. The number of hydrogen-bond acceptors (Lipinski definition) is 5. The van der Waals surface area contributed by atoms with Crippen molar-refractivity contribution >= 4 is 17.0 Å². The molecule has 0 radical (unpaired) electrons. The van der Waals surface area contributed by atoms with E-state index >= 15 is 0 Å². The van der Waals surface area contributed by atoms with Crippen LogP contribution in [0.5, 0.6) is 5.88 Å². The zero-order valence-electron chi connectivity index (χ0n) is 19.0. The van der Waals surface area contributed by atoms with Gasteiger partial charge in [0, 0.05) is 18.0 Å². The molecule has 0 fully saturated rings. The van der Waals surface area contributed by atoms with Gasteiger partial charge in [0.05, 0.1) is 18.3 Å². The fourth-order valence-electron chi connectivity index (χ4n) is 3.84. The number of nitrogens with one attached hydrogen (secondary N) is 1. The summed E-state index contributed by atoms with van der Waals surface area (Å²) in [7, 11) is 1.54. The van der Waals surface area contributed by atoms with Gasteiger partial charge in [-0.25, -0.2) is 9.78 Å². The summed E-state index contributed by atoms with van der Waals surface area (Å²) in [5.74, 6) is 0.683. The smallest absolute Gasteiger partial charge is 0.418 e. The monoisotopic (exact) mass is 445 g/mol. The molecular weight excluding hydrogens is 418 g/mol. The van der Waals surface area contributed by atoms with Gasteiger partial charge in [-0.15, -0.1) is 0 Å². The van der Waals surface area contributed by atoms with E-state index in [4.69, 9.17) is 9.47 Å². The molecular formula is C26H27N3O4. The predicted molar refractivity (Wildman–Crippen MR) is 127 cm³/mol. The third-order valence-corrected chi connectivity index (χ3v) is 5.38. The number of benzene rings is 2. The van der Waals surface area contributed by atoms with Gasteiger partial charge in [0.2, 0.25) is 5.88 Å². The minimum absolute atomic E-state index is 0.184. The van der Waals surface area contributed by atoms with Gasteiger partial charge in [0.25, 0.3) is 5.56 Å². The van der Waals surface area contributed by atoms with Crippen molar-refractivity contribution in [3.63, 3.8) is 0 Å². The molecule has 7 heteroatoms. The van der Waals surface area contributed by atoms with Crippen molar-refractivity contribution in [3.8, 4) is 5.88 Å². The van der Waals surface area contributed by atoms with Gasteiger partial charge in [-0.1, -0.05) is 62.4 Å². The van der Waals surface area contributed by atoms with Gasteiger partial charge < -0.3 is 14.5 Å². The van der Waals surface area contributed by atoms with E-state index in [-0.39, 0.29) is 12.2 Å². The highest BCUT2D eigenvalue weighted by atomic mass is 16.5. The maximum Gasteiger partial charge on any atom is 0.418 e. The van der Waals surface area contributed by atoms with E-state index in [1.54, 1.807) is 6.20 Å². The lowest BCUT2D eigenvalue weighted by Gasteiger charge is -2.10. The summed E-state index contributed by atoms with van der Waals surface area (Å²) in [6, 6.07) is 17.1. The maximum atomic E-state index is 12.9. The zero-order chi connectivity index (χ0) is 23.4. The predicted octanol–water partition coefficient (Wildman–Crippen LogP) is 4.71. The van der Waals surface area contributed by atoms with Crippen molar-refractivity contribution in [2.45, 2.75) is 33.3 Å². The Kier molecular flexibility index (Phi) is 6.58. The number of ether oxygens (including phenoxy) is 2. The average molecular weight is 446 g/mol. The average Bonchev–Trinajstić information content (AvgIpc) is 3.18. The number of methoxy groups -OCH3 is 1. The Balaban J connectivity index is 1.65. The Morgan fingerprint density at radius 1 is 1.09 bits per heavy atom. The van der Waals surface area contributed by atoms with Gasteiger partial charge >= 0.3 is 6.09 Å². The molecule has 0 saturated carbocycles. The van der Waals surface area contributed by atoms with E-state index in [9.17, 15) is 9.59 Å². The van der Waals surface area contributed by atoms with E-state index < -0.39 is 6.09 Å². The Morgan fingerprint density at radius 3 is 2.55 bits per heavy atom. The van der Waals surface area contributed by atoms with Crippen LogP contribution in [-0.2, 0) is 24.2 Å². The second-order valence-corrected chi connectivity index (χ2v) is 8.36. The van der Waals surface area contributed by atoms with Crippen LogP contribution < -0.4 is 10.3 Å². The first-order valence-corrected chi connectivity index (χ1v) is 10.9. The molecule has 0 aliphatic heterocycles. The highest BCUT2D eigenvalue weighted by Gasteiger charge is 2.18. The second-order valence-electron chi connectivity index (χ2n) is 8.36. The van der Waals surface area contributed by atoms with Crippen LogP contribution in [0.1, 0.15) is 36.4 Å². The first kappa shape index (κ1) is 22.3. The summed E-state index contributed by atoms with van der Waals surface area (Å²) in [6.45, 7) is 4.25. The van der Waals surface area contributed by atoms with Crippen LogP contribution in [0.15, 0.2) is 65.6 Å². The van der Waals surface area contributed by atoms with E-state index in [0.717, 1.165) is 22.0 Å². The lowest BCUT2D eigenvalue weighted by molar-refractivity contribution is 0.142. The number of carbonyl (C=O) groups excluding carboxylic acids is 1. The first-order valence-electron chi connectivity index (χ1n) is 10.9. The lowest BCUT2D eigenvalue weighted by atomic mass is 10.1. The number of nitrogens with zero attached hydrogens (tertiary/aromatic N) is 2. The van der Waals surface area contributed by atoms with Gasteiger partial charge in [-0.3, -0.25) is 9.36 Å². The zero-order valence-corrected chi connectivity index (χ0v) is 19.0. The Morgan fingerprint density at radius 2 is 1.82 bits per heavy atom. The maximum absolute atomic E-state index is 12.9. The third kappa shape index (κ3) is 4.98. The molecule has 0 amide bonds. The summed E-state index contributed by atoms with van der Waals surface area (Å²) < 4.78 is 12.5. The summed E-state index contributed by atoms with van der Waals surface area (Å²) in [6.07, 6.45) is 2.20. The molecule has 0 aliphatic carbocycles. The number of H-pyrrole nitrogens is 1. The van der Waals surface area contributed by atoms with E-state index in [2.05, 4.69) is 9.97 Å². The molecule has 4 aromatic rings. The molecule has 7 nitrogen and oxygen atoms in total. The Labute approximate surface area is 192 Å². The topological polar surface area (TPSA) is 86.2 Å².